The van der Waals surface area contributed by atoms with Gasteiger partial charge in [-0.2, -0.15) is 0 Å². The summed E-state index contributed by atoms with van der Waals surface area (Å²) in [6, 6.07) is 12.3. The van der Waals surface area contributed by atoms with E-state index in [2.05, 4.69) is 50.0 Å². The third kappa shape index (κ3) is 2.73. The molecule has 3 heterocycles. The molecule has 2 unspecified atom stereocenters. The van der Waals surface area contributed by atoms with E-state index >= 15 is 0 Å². The van der Waals surface area contributed by atoms with Crippen LogP contribution in [0.4, 0.5) is 5.82 Å². The van der Waals surface area contributed by atoms with Crippen LogP contribution in [0.3, 0.4) is 0 Å². The highest BCUT2D eigenvalue weighted by Gasteiger charge is 2.33. The van der Waals surface area contributed by atoms with Crippen molar-refractivity contribution in [2.45, 2.75) is 18.5 Å². The molecule has 118 valence electrons. The number of tetrazole rings is 1. The molecule has 1 N–H and O–H groups in total. The summed E-state index contributed by atoms with van der Waals surface area (Å²) in [6.07, 6.45) is 1.04. The SMILES string of the molecule is CN1CCC(Nc2ccc3nnnn3n2)C1c1ccc(Cl)cc1. The third-order valence-electron chi connectivity index (χ3n) is 4.26. The van der Waals surface area contributed by atoms with Crippen LogP contribution in [0.25, 0.3) is 5.65 Å². The van der Waals surface area contributed by atoms with Crippen molar-refractivity contribution in [1.82, 2.24) is 30.2 Å². The molecule has 1 saturated heterocycles. The molecule has 0 bridgehead atoms. The standard InChI is InChI=1S/C15H16ClN7/c1-22-9-8-12(15(22)10-2-4-11(16)5-3-10)17-13-6-7-14-18-20-21-23(14)19-13/h2-7,12,15H,8-9H2,1H3,(H,17,19). The number of hydrogen-bond donors (Lipinski definition) is 1. The summed E-state index contributed by atoms with van der Waals surface area (Å²) in [5.41, 5.74) is 1.88. The van der Waals surface area contributed by atoms with Crippen molar-refractivity contribution in [2.75, 3.05) is 18.9 Å². The largest absolute Gasteiger partial charge is 0.364 e. The van der Waals surface area contributed by atoms with Gasteiger partial charge in [0.25, 0.3) is 0 Å². The fourth-order valence-electron chi connectivity index (χ4n) is 3.16. The zero-order chi connectivity index (χ0) is 15.8. The average molecular weight is 330 g/mol. The van der Waals surface area contributed by atoms with Gasteiger partial charge in [-0.25, -0.2) is 0 Å². The van der Waals surface area contributed by atoms with Crippen LogP contribution in [0, 0.1) is 0 Å². The number of halogens is 1. The van der Waals surface area contributed by atoms with Crippen LogP contribution in [-0.4, -0.2) is 49.8 Å². The normalized spacial score (nSPS) is 21.8. The molecule has 23 heavy (non-hydrogen) atoms. The van der Waals surface area contributed by atoms with E-state index in [0.29, 0.717) is 5.65 Å². The van der Waals surface area contributed by atoms with Crippen LogP contribution < -0.4 is 5.32 Å². The van der Waals surface area contributed by atoms with Gasteiger partial charge < -0.3 is 5.32 Å². The number of likely N-dealkylation sites (tertiary alicyclic amines) is 1. The number of rotatable bonds is 3. The number of nitrogens with zero attached hydrogens (tertiary/aromatic N) is 6. The van der Waals surface area contributed by atoms with Gasteiger partial charge >= 0.3 is 0 Å². The minimum Gasteiger partial charge on any atom is -0.364 e. The minimum absolute atomic E-state index is 0.266. The van der Waals surface area contributed by atoms with Gasteiger partial charge in [0.2, 0.25) is 0 Å². The Kier molecular flexibility index (Phi) is 3.59. The molecule has 3 aromatic rings. The van der Waals surface area contributed by atoms with Crippen molar-refractivity contribution in [1.29, 1.82) is 0 Å². The molecule has 0 amide bonds. The second-order valence-corrected chi connectivity index (χ2v) is 6.20. The zero-order valence-corrected chi connectivity index (χ0v) is 13.4. The van der Waals surface area contributed by atoms with E-state index < -0.39 is 0 Å². The van der Waals surface area contributed by atoms with Crippen LogP contribution in [0.1, 0.15) is 18.0 Å². The van der Waals surface area contributed by atoms with Gasteiger partial charge in [-0.3, -0.25) is 4.90 Å². The molecule has 1 aromatic carbocycles. The second kappa shape index (κ2) is 5.75. The van der Waals surface area contributed by atoms with Crippen molar-refractivity contribution in [3.8, 4) is 0 Å². The van der Waals surface area contributed by atoms with Gasteiger partial charge in [-0.1, -0.05) is 23.7 Å². The number of fused-ring (bicyclic) bond motifs is 1. The first kappa shape index (κ1) is 14.3. The Balaban J connectivity index is 1.60. The maximum Gasteiger partial charge on any atom is 0.200 e. The van der Waals surface area contributed by atoms with Crippen molar-refractivity contribution in [3.63, 3.8) is 0 Å². The fourth-order valence-corrected chi connectivity index (χ4v) is 3.29. The number of benzene rings is 1. The summed E-state index contributed by atoms with van der Waals surface area (Å²) in [7, 11) is 2.14. The highest BCUT2D eigenvalue weighted by molar-refractivity contribution is 6.30. The fraction of sp³-hybridized carbons (Fsp3) is 0.333. The first-order valence-corrected chi connectivity index (χ1v) is 7.86. The Morgan fingerprint density at radius 3 is 2.83 bits per heavy atom. The van der Waals surface area contributed by atoms with Gasteiger partial charge in [-0.05, 0) is 53.7 Å². The maximum atomic E-state index is 6.00. The van der Waals surface area contributed by atoms with E-state index in [-0.39, 0.29) is 12.1 Å². The van der Waals surface area contributed by atoms with Gasteiger partial charge in [-0.15, -0.1) is 14.8 Å². The van der Waals surface area contributed by atoms with E-state index in [1.807, 2.05) is 24.3 Å². The number of likely N-dealkylation sites (N-methyl/N-ethyl adjacent to an activating group) is 1. The van der Waals surface area contributed by atoms with Gasteiger partial charge in [0.1, 0.15) is 5.82 Å². The summed E-state index contributed by atoms with van der Waals surface area (Å²) in [5, 5.41) is 20.0. The zero-order valence-electron chi connectivity index (χ0n) is 12.6. The van der Waals surface area contributed by atoms with Crippen molar-refractivity contribution >= 4 is 23.1 Å². The molecule has 2 aromatic heterocycles. The molecule has 0 aliphatic carbocycles. The average Bonchev–Trinajstić information content (AvgIpc) is 3.15. The highest BCUT2D eigenvalue weighted by Crippen LogP contribution is 2.33. The van der Waals surface area contributed by atoms with Crippen LogP contribution in [-0.2, 0) is 0 Å². The lowest BCUT2D eigenvalue weighted by atomic mass is 10.0. The molecule has 2 atom stereocenters. The molecule has 0 spiro atoms. The van der Waals surface area contributed by atoms with Crippen LogP contribution >= 0.6 is 11.6 Å². The summed E-state index contributed by atoms with van der Waals surface area (Å²) < 4.78 is 1.43. The van der Waals surface area contributed by atoms with Crippen molar-refractivity contribution in [3.05, 3.63) is 47.0 Å². The van der Waals surface area contributed by atoms with Crippen LogP contribution in [0.15, 0.2) is 36.4 Å². The van der Waals surface area contributed by atoms with Crippen LogP contribution in [0.2, 0.25) is 5.02 Å². The van der Waals surface area contributed by atoms with Gasteiger partial charge in [0.05, 0.1) is 6.04 Å². The lowest BCUT2D eigenvalue weighted by Gasteiger charge is -2.26. The number of aromatic nitrogens is 5. The predicted octanol–water partition coefficient (Wildman–Crippen LogP) is 2.03. The van der Waals surface area contributed by atoms with Gasteiger partial charge in [0.15, 0.2) is 5.65 Å². The molecular formula is C15H16ClN7. The summed E-state index contributed by atoms with van der Waals surface area (Å²) in [6.45, 7) is 1.03. The summed E-state index contributed by atoms with van der Waals surface area (Å²) in [5.74, 6) is 0.768. The molecule has 4 rings (SSSR count). The number of anilines is 1. The third-order valence-corrected chi connectivity index (χ3v) is 4.52. The second-order valence-electron chi connectivity index (χ2n) is 5.76. The van der Waals surface area contributed by atoms with E-state index in [0.717, 1.165) is 23.8 Å². The lowest BCUT2D eigenvalue weighted by Crippen LogP contribution is -2.29. The van der Waals surface area contributed by atoms with Crippen LogP contribution in [0.5, 0.6) is 0 Å². The quantitative estimate of drug-likeness (QED) is 0.792. The molecule has 8 heteroatoms. The van der Waals surface area contributed by atoms with Gasteiger partial charge in [0, 0.05) is 17.6 Å². The molecular weight excluding hydrogens is 314 g/mol. The monoisotopic (exact) mass is 329 g/mol. The molecule has 1 aliphatic rings. The smallest absolute Gasteiger partial charge is 0.200 e. The number of hydrogen-bond acceptors (Lipinski definition) is 6. The lowest BCUT2D eigenvalue weighted by molar-refractivity contribution is 0.309. The van der Waals surface area contributed by atoms with Crippen molar-refractivity contribution < 1.29 is 0 Å². The Morgan fingerprint density at radius 2 is 2.00 bits per heavy atom. The molecule has 0 saturated carbocycles. The van der Waals surface area contributed by atoms with E-state index in [4.69, 9.17) is 11.6 Å². The molecule has 7 nitrogen and oxygen atoms in total. The molecule has 1 aliphatic heterocycles. The maximum absolute atomic E-state index is 6.00. The Bertz CT molecular complexity index is 816. The number of nitrogens with one attached hydrogen (secondary N) is 1. The first-order chi connectivity index (χ1) is 11.2. The van der Waals surface area contributed by atoms with E-state index in [9.17, 15) is 0 Å². The minimum atomic E-state index is 0.266. The highest BCUT2D eigenvalue weighted by atomic mass is 35.5. The summed E-state index contributed by atoms with van der Waals surface area (Å²) >= 11 is 6.00. The molecule has 1 fully saturated rings. The Hall–Kier alpha value is -2.25. The predicted molar refractivity (Wildman–Crippen MR) is 87.4 cm³/mol. The molecule has 0 radical (unpaired) electrons. The Morgan fingerprint density at radius 1 is 1.17 bits per heavy atom. The Labute approximate surface area is 138 Å². The summed E-state index contributed by atoms with van der Waals surface area (Å²) in [4.78, 5) is 2.34. The topological polar surface area (TPSA) is 71.2 Å². The van der Waals surface area contributed by atoms with E-state index in [1.165, 1.54) is 10.2 Å². The first-order valence-electron chi connectivity index (χ1n) is 7.48. The van der Waals surface area contributed by atoms with Crippen molar-refractivity contribution in [2.24, 2.45) is 0 Å². The van der Waals surface area contributed by atoms with E-state index in [1.54, 1.807) is 0 Å².